The van der Waals surface area contributed by atoms with Crippen LogP contribution in [0.1, 0.15) is 19.8 Å². The summed E-state index contributed by atoms with van der Waals surface area (Å²) in [4.78, 5) is 0. The fourth-order valence-corrected chi connectivity index (χ4v) is 2.27. The average Bonchev–Trinajstić information content (AvgIpc) is 2.09. The second kappa shape index (κ2) is 2.71. The van der Waals surface area contributed by atoms with Crippen molar-refractivity contribution in [2.75, 3.05) is 12.4 Å². The van der Waals surface area contributed by atoms with Gasteiger partial charge < -0.3 is 4.74 Å². The van der Waals surface area contributed by atoms with Gasteiger partial charge in [0, 0.05) is 6.61 Å². The summed E-state index contributed by atoms with van der Waals surface area (Å²) in [5, 5.41) is 0. The predicted molar refractivity (Wildman–Crippen MR) is 38.5 cm³/mol. The molecule has 0 aromatic heterocycles. The molecule has 3 nitrogen and oxygen atoms in total. The zero-order valence-electron chi connectivity index (χ0n) is 6.34. The highest BCUT2D eigenvalue weighted by molar-refractivity contribution is 7.86. The Morgan fingerprint density at radius 3 is 2.64 bits per heavy atom. The average molecular weight is 182 g/mol. The van der Waals surface area contributed by atoms with E-state index in [1.807, 2.05) is 0 Å². The van der Waals surface area contributed by atoms with Gasteiger partial charge in [0.05, 0.1) is 5.60 Å². The first kappa shape index (κ1) is 8.93. The summed E-state index contributed by atoms with van der Waals surface area (Å²) in [5.74, 6) is -0.514. The van der Waals surface area contributed by atoms with Crippen LogP contribution in [-0.4, -0.2) is 26.4 Å². The monoisotopic (exact) mass is 182 g/mol. The molecule has 0 aromatic carbocycles. The molecular weight excluding hydrogens is 171 g/mol. The van der Waals surface area contributed by atoms with E-state index in [1.54, 1.807) is 6.92 Å². The molecule has 1 unspecified atom stereocenters. The molecule has 0 bridgehead atoms. The van der Waals surface area contributed by atoms with Gasteiger partial charge in [-0.1, -0.05) is 0 Å². The fourth-order valence-electron chi connectivity index (χ4n) is 1.32. The zero-order chi connectivity index (χ0) is 8.54. The molecular formula is C6H11FO3S. The van der Waals surface area contributed by atoms with Crippen LogP contribution in [0.5, 0.6) is 0 Å². The van der Waals surface area contributed by atoms with E-state index in [-0.39, 0.29) is 0 Å². The van der Waals surface area contributed by atoms with Gasteiger partial charge in [-0.15, -0.1) is 3.89 Å². The van der Waals surface area contributed by atoms with Crippen LogP contribution in [0, 0.1) is 0 Å². The summed E-state index contributed by atoms with van der Waals surface area (Å²) in [7, 11) is -4.39. The molecule has 0 aliphatic carbocycles. The summed E-state index contributed by atoms with van der Waals surface area (Å²) in [6.45, 7) is 2.16. The molecule has 0 saturated carbocycles. The third kappa shape index (κ3) is 2.75. The van der Waals surface area contributed by atoms with E-state index < -0.39 is 21.6 Å². The van der Waals surface area contributed by atoms with Gasteiger partial charge in [-0.3, -0.25) is 0 Å². The largest absolute Gasteiger partial charge is 0.374 e. The molecule has 66 valence electrons. The van der Waals surface area contributed by atoms with Gasteiger partial charge in [0.2, 0.25) is 0 Å². The van der Waals surface area contributed by atoms with Gasteiger partial charge in [0.15, 0.2) is 0 Å². The van der Waals surface area contributed by atoms with Gasteiger partial charge in [-0.05, 0) is 19.8 Å². The number of ether oxygens (including phenoxy) is 1. The third-order valence-electron chi connectivity index (χ3n) is 1.78. The van der Waals surface area contributed by atoms with Crippen LogP contribution in [0.2, 0.25) is 0 Å². The molecule has 11 heavy (non-hydrogen) atoms. The minimum absolute atomic E-state index is 0.514. The number of halogens is 1. The van der Waals surface area contributed by atoms with Crippen molar-refractivity contribution in [1.82, 2.24) is 0 Å². The SMILES string of the molecule is CC1(CS(=O)(=O)F)CCCO1. The number of hydrogen-bond donors (Lipinski definition) is 0. The molecule has 0 aromatic rings. The van der Waals surface area contributed by atoms with Crippen LogP contribution in [0.4, 0.5) is 3.89 Å². The zero-order valence-corrected chi connectivity index (χ0v) is 7.16. The number of hydrogen-bond acceptors (Lipinski definition) is 3. The summed E-state index contributed by atoms with van der Waals surface area (Å²) in [6, 6.07) is 0. The van der Waals surface area contributed by atoms with Crippen molar-refractivity contribution in [3.63, 3.8) is 0 Å². The van der Waals surface area contributed by atoms with Crippen molar-refractivity contribution < 1.29 is 17.0 Å². The molecule has 1 aliphatic heterocycles. The maximum Gasteiger partial charge on any atom is 0.305 e. The highest BCUT2D eigenvalue weighted by Gasteiger charge is 2.34. The standard InChI is InChI=1S/C6H11FO3S/c1-6(3-2-4-10-6)5-11(7,8)9/h2-5H2,1H3. The maximum atomic E-state index is 12.2. The van der Waals surface area contributed by atoms with Gasteiger partial charge in [0.1, 0.15) is 5.75 Å². The van der Waals surface area contributed by atoms with E-state index in [1.165, 1.54) is 0 Å². The van der Waals surface area contributed by atoms with Gasteiger partial charge in [0.25, 0.3) is 0 Å². The van der Waals surface area contributed by atoms with E-state index in [0.29, 0.717) is 13.0 Å². The van der Waals surface area contributed by atoms with Crippen LogP contribution in [0.3, 0.4) is 0 Å². The Balaban J connectivity index is 2.60. The minimum Gasteiger partial charge on any atom is -0.374 e. The van der Waals surface area contributed by atoms with Crippen LogP contribution >= 0.6 is 0 Å². The Morgan fingerprint density at radius 1 is 1.64 bits per heavy atom. The van der Waals surface area contributed by atoms with Gasteiger partial charge >= 0.3 is 10.2 Å². The van der Waals surface area contributed by atoms with E-state index in [0.717, 1.165) is 6.42 Å². The smallest absolute Gasteiger partial charge is 0.305 e. The Kier molecular flexibility index (Phi) is 2.20. The van der Waals surface area contributed by atoms with Crippen LogP contribution in [0.25, 0.3) is 0 Å². The van der Waals surface area contributed by atoms with Crippen molar-refractivity contribution in [2.24, 2.45) is 0 Å². The molecule has 1 heterocycles. The second-order valence-electron chi connectivity index (χ2n) is 3.09. The Morgan fingerprint density at radius 2 is 2.27 bits per heavy atom. The topological polar surface area (TPSA) is 43.4 Å². The first-order valence-electron chi connectivity index (χ1n) is 3.48. The molecule has 1 aliphatic rings. The molecule has 0 N–H and O–H groups in total. The lowest BCUT2D eigenvalue weighted by Crippen LogP contribution is -2.31. The van der Waals surface area contributed by atoms with Crippen LogP contribution < -0.4 is 0 Å². The van der Waals surface area contributed by atoms with Crippen molar-refractivity contribution in [3.8, 4) is 0 Å². The van der Waals surface area contributed by atoms with Crippen LogP contribution in [0.15, 0.2) is 0 Å². The Labute approximate surface area is 65.8 Å². The van der Waals surface area contributed by atoms with Crippen molar-refractivity contribution >= 4 is 10.2 Å². The lowest BCUT2D eigenvalue weighted by Gasteiger charge is -2.19. The second-order valence-corrected chi connectivity index (χ2v) is 4.45. The molecule has 5 heteroatoms. The summed E-state index contributed by atoms with van der Waals surface area (Å²) >= 11 is 0. The maximum absolute atomic E-state index is 12.2. The molecule has 1 fully saturated rings. The molecule has 0 spiro atoms. The van der Waals surface area contributed by atoms with E-state index in [2.05, 4.69) is 0 Å². The predicted octanol–water partition coefficient (Wildman–Crippen LogP) is 0.855. The quantitative estimate of drug-likeness (QED) is 0.595. The highest BCUT2D eigenvalue weighted by Crippen LogP contribution is 2.26. The lowest BCUT2D eigenvalue weighted by molar-refractivity contribution is 0.0388. The molecule has 1 rings (SSSR count). The first-order chi connectivity index (χ1) is 4.91. The number of rotatable bonds is 2. The Bertz CT molecular complexity index is 228. The minimum atomic E-state index is -4.39. The molecule has 0 amide bonds. The molecule has 1 atom stereocenters. The van der Waals surface area contributed by atoms with Gasteiger partial charge in [-0.2, -0.15) is 8.42 Å². The lowest BCUT2D eigenvalue weighted by atomic mass is 10.1. The van der Waals surface area contributed by atoms with E-state index in [9.17, 15) is 12.3 Å². The first-order valence-corrected chi connectivity index (χ1v) is 5.03. The Hall–Kier alpha value is -0.160. The van der Waals surface area contributed by atoms with Crippen molar-refractivity contribution in [1.29, 1.82) is 0 Å². The van der Waals surface area contributed by atoms with E-state index >= 15 is 0 Å². The highest BCUT2D eigenvalue weighted by atomic mass is 32.3. The third-order valence-corrected chi connectivity index (χ3v) is 2.73. The van der Waals surface area contributed by atoms with Crippen molar-refractivity contribution in [2.45, 2.75) is 25.4 Å². The fraction of sp³-hybridized carbons (Fsp3) is 1.00. The summed E-state index contributed by atoms with van der Waals surface area (Å²) in [6.07, 6.45) is 1.43. The van der Waals surface area contributed by atoms with E-state index in [4.69, 9.17) is 4.74 Å². The summed E-state index contributed by atoms with van der Waals surface area (Å²) in [5.41, 5.74) is -0.784. The molecule has 1 saturated heterocycles. The van der Waals surface area contributed by atoms with Gasteiger partial charge in [-0.25, -0.2) is 0 Å². The normalized spacial score (nSPS) is 32.5. The molecule has 0 radical (unpaired) electrons. The van der Waals surface area contributed by atoms with Crippen molar-refractivity contribution in [3.05, 3.63) is 0 Å². The summed E-state index contributed by atoms with van der Waals surface area (Å²) < 4.78 is 37.8. The van der Waals surface area contributed by atoms with Crippen LogP contribution in [-0.2, 0) is 15.0 Å².